The van der Waals surface area contributed by atoms with Crippen molar-refractivity contribution in [1.29, 1.82) is 0 Å². The third-order valence-electron chi connectivity index (χ3n) is 3.13. The zero-order chi connectivity index (χ0) is 11.4. The zero-order valence-electron chi connectivity index (χ0n) is 10.9. The third-order valence-corrected chi connectivity index (χ3v) is 3.13. The number of hydrogen-bond donors (Lipinski definition) is 1. The second-order valence-electron chi connectivity index (χ2n) is 5.73. The van der Waals surface area contributed by atoms with Gasteiger partial charge in [-0.25, -0.2) is 0 Å². The fourth-order valence-corrected chi connectivity index (χ4v) is 2.43. The van der Waals surface area contributed by atoms with Crippen molar-refractivity contribution in [3.8, 4) is 0 Å². The minimum atomic E-state index is -0.00223. The third kappa shape index (κ3) is 4.52. The zero-order valence-corrected chi connectivity index (χ0v) is 10.9. The Balaban J connectivity index is 2.31. The van der Waals surface area contributed by atoms with Gasteiger partial charge in [0, 0.05) is 13.1 Å². The molecule has 2 heteroatoms. The molecular formula is C13H27NO. The van der Waals surface area contributed by atoms with Crippen LogP contribution in [-0.2, 0) is 4.74 Å². The predicted octanol–water partition coefficient (Wildman–Crippen LogP) is 3.11. The molecule has 0 radical (unpaired) electrons. The molecule has 0 aromatic carbocycles. The van der Waals surface area contributed by atoms with E-state index < -0.39 is 0 Å². The van der Waals surface area contributed by atoms with E-state index in [1.54, 1.807) is 0 Å². The Hall–Kier alpha value is -0.0800. The van der Waals surface area contributed by atoms with Gasteiger partial charge >= 0.3 is 0 Å². The average Bonchev–Trinajstić information content (AvgIpc) is 2.10. The van der Waals surface area contributed by atoms with Crippen LogP contribution in [0.25, 0.3) is 0 Å². The maximum absolute atomic E-state index is 6.18. The summed E-state index contributed by atoms with van der Waals surface area (Å²) in [6.45, 7) is 10.8. The summed E-state index contributed by atoms with van der Waals surface area (Å²) in [6, 6.07) is 0. The lowest BCUT2D eigenvalue weighted by Crippen LogP contribution is -2.56. The van der Waals surface area contributed by atoms with Crippen molar-refractivity contribution in [2.24, 2.45) is 0 Å². The maximum atomic E-state index is 6.18. The van der Waals surface area contributed by atoms with Gasteiger partial charge in [-0.1, -0.05) is 32.6 Å². The monoisotopic (exact) mass is 213 g/mol. The van der Waals surface area contributed by atoms with Crippen LogP contribution in [0, 0.1) is 0 Å². The van der Waals surface area contributed by atoms with Crippen LogP contribution in [0.15, 0.2) is 0 Å². The summed E-state index contributed by atoms with van der Waals surface area (Å²) in [5.41, 5.74) is 0.0489. The van der Waals surface area contributed by atoms with Crippen LogP contribution in [0.5, 0.6) is 0 Å². The molecule has 1 fully saturated rings. The molecule has 0 amide bonds. The van der Waals surface area contributed by atoms with E-state index in [0.29, 0.717) is 0 Å². The van der Waals surface area contributed by atoms with Crippen LogP contribution in [0.4, 0.5) is 0 Å². The highest BCUT2D eigenvalue weighted by Gasteiger charge is 2.36. The van der Waals surface area contributed by atoms with Crippen LogP contribution in [0.1, 0.15) is 59.8 Å². The Kier molecular flexibility index (Phi) is 4.60. The van der Waals surface area contributed by atoms with Gasteiger partial charge in [-0.2, -0.15) is 0 Å². The van der Waals surface area contributed by atoms with Gasteiger partial charge in [0.25, 0.3) is 0 Å². The van der Waals surface area contributed by atoms with Crippen LogP contribution < -0.4 is 5.32 Å². The highest BCUT2D eigenvalue weighted by molar-refractivity contribution is 4.89. The summed E-state index contributed by atoms with van der Waals surface area (Å²) in [7, 11) is 0. The largest absolute Gasteiger partial charge is 0.367 e. The van der Waals surface area contributed by atoms with Gasteiger partial charge in [0.15, 0.2) is 0 Å². The first kappa shape index (κ1) is 13.0. The first-order chi connectivity index (χ1) is 6.97. The molecule has 0 aliphatic carbocycles. The maximum Gasteiger partial charge on any atom is 0.0786 e. The summed E-state index contributed by atoms with van der Waals surface area (Å²) < 4.78 is 6.18. The van der Waals surface area contributed by atoms with Gasteiger partial charge in [-0.05, 0) is 27.2 Å². The van der Waals surface area contributed by atoms with Crippen LogP contribution >= 0.6 is 0 Å². The van der Waals surface area contributed by atoms with Crippen molar-refractivity contribution in [2.45, 2.75) is 71.0 Å². The van der Waals surface area contributed by atoms with E-state index in [9.17, 15) is 0 Å². The van der Waals surface area contributed by atoms with E-state index in [1.165, 1.54) is 32.1 Å². The Labute approximate surface area is 94.8 Å². The lowest BCUT2D eigenvalue weighted by molar-refractivity contribution is -0.156. The van der Waals surface area contributed by atoms with Gasteiger partial charge in [0.1, 0.15) is 0 Å². The van der Waals surface area contributed by atoms with Crippen LogP contribution in [0.2, 0.25) is 0 Å². The number of morpholine rings is 1. The van der Waals surface area contributed by atoms with Crippen molar-refractivity contribution < 1.29 is 4.74 Å². The normalized spacial score (nSPS) is 30.4. The average molecular weight is 213 g/mol. The van der Waals surface area contributed by atoms with Crippen molar-refractivity contribution in [3.05, 3.63) is 0 Å². The molecule has 0 saturated carbocycles. The molecule has 1 saturated heterocycles. The molecule has 1 aliphatic rings. The van der Waals surface area contributed by atoms with E-state index in [2.05, 4.69) is 33.0 Å². The Bertz CT molecular complexity index is 191. The van der Waals surface area contributed by atoms with Crippen LogP contribution in [0.3, 0.4) is 0 Å². The van der Waals surface area contributed by atoms with Gasteiger partial charge in [0.2, 0.25) is 0 Å². The molecule has 15 heavy (non-hydrogen) atoms. The summed E-state index contributed by atoms with van der Waals surface area (Å²) in [4.78, 5) is 0. The van der Waals surface area contributed by atoms with E-state index in [-0.39, 0.29) is 11.2 Å². The molecule has 1 heterocycles. The van der Waals surface area contributed by atoms with Crippen LogP contribution in [-0.4, -0.2) is 24.3 Å². The minimum Gasteiger partial charge on any atom is -0.367 e. The Morgan fingerprint density at radius 2 is 1.80 bits per heavy atom. The van der Waals surface area contributed by atoms with Gasteiger partial charge in [-0.15, -0.1) is 0 Å². The van der Waals surface area contributed by atoms with Gasteiger partial charge in [0.05, 0.1) is 11.2 Å². The quantitative estimate of drug-likeness (QED) is 0.709. The molecule has 1 atom stereocenters. The number of unbranched alkanes of at least 4 members (excludes halogenated alkanes) is 3. The van der Waals surface area contributed by atoms with Gasteiger partial charge < -0.3 is 10.1 Å². The summed E-state index contributed by atoms with van der Waals surface area (Å²) in [5.74, 6) is 0. The van der Waals surface area contributed by atoms with E-state index in [1.807, 2.05) is 0 Å². The molecule has 0 aromatic rings. The molecule has 90 valence electrons. The lowest BCUT2D eigenvalue weighted by atomic mass is 9.93. The SMILES string of the molecule is CCCCCCC1(C)CNCC(C)(C)O1. The molecule has 1 rings (SSSR count). The smallest absolute Gasteiger partial charge is 0.0786 e. The molecule has 2 nitrogen and oxygen atoms in total. The molecule has 0 spiro atoms. The summed E-state index contributed by atoms with van der Waals surface area (Å²) >= 11 is 0. The second-order valence-corrected chi connectivity index (χ2v) is 5.73. The summed E-state index contributed by atoms with van der Waals surface area (Å²) in [6.07, 6.45) is 6.48. The lowest BCUT2D eigenvalue weighted by Gasteiger charge is -2.44. The van der Waals surface area contributed by atoms with Crippen molar-refractivity contribution >= 4 is 0 Å². The highest BCUT2D eigenvalue weighted by Crippen LogP contribution is 2.28. The second kappa shape index (κ2) is 5.31. The molecular weight excluding hydrogens is 186 g/mol. The van der Waals surface area contributed by atoms with Crippen molar-refractivity contribution in [1.82, 2.24) is 5.32 Å². The van der Waals surface area contributed by atoms with Gasteiger partial charge in [-0.3, -0.25) is 0 Å². The molecule has 1 N–H and O–H groups in total. The highest BCUT2D eigenvalue weighted by atomic mass is 16.5. The summed E-state index contributed by atoms with van der Waals surface area (Å²) in [5, 5.41) is 3.48. The molecule has 1 aliphatic heterocycles. The van der Waals surface area contributed by atoms with Crippen molar-refractivity contribution in [2.75, 3.05) is 13.1 Å². The molecule has 0 bridgehead atoms. The number of ether oxygens (including phenoxy) is 1. The Morgan fingerprint density at radius 1 is 1.07 bits per heavy atom. The molecule has 1 unspecified atom stereocenters. The number of rotatable bonds is 5. The first-order valence-electron chi connectivity index (χ1n) is 6.38. The fourth-order valence-electron chi connectivity index (χ4n) is 2.43. The molecule has 0 aromatic heterocycles. The topological polar surface area (TPSA) is 21.3 Å². The predicted molar refractivity (Wildman–Crippen MR) is 65.2 cm³/mol. The first-order valence-corrected chi connectivity index (χ1v) is 6.38. The minimum absolute atomic E-state index is 0.00223. The fraction of sp³-hybridized carbons (Fsp3) is 1.00. The van der Waals surface area contributed by atoms with E-state index in [0.717, 1.165) is 13.1 Å². The van der Waals surface area contributed by atoms with E-state index >= 15 is 0 Å². The standard InChI is InChI=1S/C13H27NO/c1-5-6-7-8-9-13(4)11-14-10-12(2,3)15-13/h14H,5-11H2,1-4H3. The number of hydrogen-bond acceptors (Lipinski definition) is 2. The van der Waals surface area contributed by atoms with Crippen molar-refractivity contribution in [3.63, 3.8) is 0 Å². The van der Waals surface area contributed by atoms with E-state index in [4.69, 9.17) is 4.74 Å². The Morgan fingerprint density at radius 3 is 2.40 bits per heavy atom. The number of nitrogens with one attached hydrogen (secondary N) is 1.